The number of dihydropyridines is 1. The molecule has 1 N–H and O–H groups in total. The number of aromatic nitrogens is 1. The molecule has 3 heteroatoms. The van der Waals surface area contributed by atoms with Gasteiger partial charge in [0.05, 0.1) is 0 Å². The van der Waals surface area contributed by atoms with Crippen molar-refractivity contribution in [3.8, 4) is 0 Å². The molecule has 0 spiro atoms. The second kappa shape index (κ2) is 2.62. The predicted octanol–water partition coefficient (Wildman–Crippen LogP) is 1.17. The first-order chi connectivity index (χ1) is 5.47. The van der Waals surface area contributed by atoms with E-state index in [1.807, 2.05) is 18.3 Å². The number of hydrogen-bond acceptors (Lipinski definition) is 3. The summed E-state index contributed by atoms with van der Waals surface area (Å²) in [6.07, 6.45) is 7.52. The lowest BCUT2D eigenvalue weighted by molar-refractivity contribution is 0.418. The number of nitrogens with one attached hydrogen (secondary N) is 1. The molecule has 0 aromatic carbocycles. The van der Waals surface area contributed by atoms with Crippen LogP contribution in [0.25, 0.3) is 5.57 Å². The van der Waals surface area contributed by atoms with E-state index in [0.29, 0.717) is 0 Å². The third-order valence-electron chi connectivity index (χ3n) is 1.55. The van der Waals surface area contributed by atoms with Crippen LogP contribution in [0.4, 0.5) is 0 Å². The molecule has 0 bridgehead atoms. The van der Waals surface area contributed by atoms with Gasteiger partial charge in [0.2, 0.25) is 0 Å². The van der Waals surface area contributed by atoms with Crippen LogP contribution in [-0.4, -0.2) is 11.7 Å². The zero-order chi connectivity index (χ0) is 7.52. The third kappa shape index (κ3) is 1.17. The summed E-state index contributed by atoms with van der Waals surface area (Å²) in [5, 5.41) is 6.88. The van der Waals surface area contributed by atoms with E-state index in [-0.39, 0.29) is 0 Å². The summed E-state index contributed by atoms with van der Waals surface area (Å²) in [4.78, 5) is 0. The SMILES string of the molecule is C1=CC(c2ccon2)=CCN1. The van der Waals surface area contributed by atoms with Crippen LogP contribution in [0.2, 0.25) is 0 Å². The number of rotatable bonds is 1. The predicted molar refractivity (Wildman–Crippen MR) is 41.6 cm³/mol. The number of nitrogens with zero attached hydrogens (tertiary/aromatic N) is 1. The normalized spacial score (nSPS) is 15.8. The summed E-state index contributed by atoms with van der Waals surface area (Å²) in [7, 11) is 0. The lowest BCUT2D eigenvalue weighted by Gasteiger charge is -2.03. The molecule has 0 saturated carbocycles. The Morgan fingerprint density at radius 3 is 3.18 bits per heavy atom. The van der Waals surface area contributed by atoms with Gasteiger partial charge in [-0.05, 0) is 12.3 Å². The second-order valence-electron chi connectivity index (χ2n) is 2.29. The zero-order valence-electron chi connectivity index (χ0n) is 5.95. The van der Waals surface area contributed by atoms with Crippen molar-refractivity contribution in [1.82, 2.24) is 10.5 Å². The Morgan fingerprint density at radius 1 is 1.55 bits per heavy atom. The highest BCUT2D eigenvalue weighted by molar-refractivity contribution is 5.72. The zero-order valence-corrected chi connectivity index (χ0v) is 5.95. The fourth-order valence-corrected chi connectivity index (χ4v) is 1.01. The second-order valence-corrected chi connectivity index (χ2v) is 2.29. The summed E-state index contributed by atoms with van der Waals surface area (Å²) in [6.45, 7) is 0.860. The monoisotopic (exact) mass is 148 g/mol. The lowest BCUT2D eigenvalue weighted by Crippen LogP contribution is -2.08. The maximum Gasteiger partial charge on any atom is 0.124 e. The Hall–Kier alpha value is -1.51. The van der Waals surface area contributed by atoms with Crippen molar-refractivity contribution in [1.29, 1.82) is 0 Å². The summed E-state index contributed by atoms with van der Waals surface area (Å²) < 4.78 is 4.72. The lowest BCUT2D eigenvalue weighted by atomic mass is 10.1. The van der Waals surface area contributed by atoms with Crippen molar-refractivity contribution < 1.29 is 4.52 Å². The highest BCUT2D eigenvalue weighted by Gasteiger charge is 2.02. The fourth-order valence-electron chi connectivity index (χ4n) is 1.01. The van der Waals surface area contributed by atoms with Gasteiger partial charge < -0.3 is 9.84 Å². The van der Waals surface area contributed by atoms with Crippen LogP contribution >= 0.6 is 0 Å². The molecule has 56 valence electrons. The van der Waals surface area contributed by atoms with Crippen molar-refractivity contribution in [3.63, 3.8) is 0 Å². The van der Waals surface area contributed by atoms with Crippen LogP contribution in [0.3, 0.4) is 0 Å². The summed E-state index contributed by atoms with van der Waals surface area (Å²) in [6, 6.07) is 1.85. The first kappa shape index (κ1) is 6.22. The maximum absolute atomic E-state index is 4.72. The maximum atomic E-state index is 4.72. The van der Waals surface area contributed by atoms with Crippen LogP contribution in [0, 0.1) is 0 Å². The van der Waals surface area contributed by atoms with Crippen molar-refractivity contribution in [2.45, 2.75) is 0 Å². The van der Waals surface area contributed by atoms with Gasteiger partial charge in [-0.3, -0.25) is 0 Å². The molecule has 0 radical (unpaired) electrons. The van der Waals surface area contributed by atoms with Crippen LogP contribution in [-0.2, 0) is 0 Å². The van der Waals surface area contributed by atoms with Crippen LogP contribution in [0.1, 0.15) is 5.69 Å². The Kier molecular flexibility index (Phi) is 1.48. The van der Waals surface area contributed by atoms with Gasteiger partial charge in [0.15, 0.2) is 0 Å². The Bertz CT molecular complexity index is 285. The van der Waals surface area contributed by atoms with E-state index in [1.54, 1.807) is 6.26 Å². The number of allylic oxidation sites excluding steroid dienone is 2. The van der Waals surface area contributed by atoms with Crippen molar-refractivity contribution in [3.05, 3.63) is 36.4 Å². The standard InChI is InChI=1S/C8H8N2O/c1-4-9-5-2-7(1)8-3-6-11-10-8/h1-4,6,9H,5H2. The number of hydrogen-bond donors (Lipinski definition) is 1. The van der Waals surface area contributed by atoms with Gasteiger partial charge >= 0.3 is 0 Å². The Labute approximate surface area is 64.4 Å². The van der Waals surface area contributed by atoms with E-state index < -0.39 is 0 Å². The summed E-state index contributed by atoms with van der Waals surface area (Å²) in [5.41, 5.74) is 2.00. The van der Waals surface area contributed by atoms with E-state index in [1.165, 1.54) is 0 Å². The molecule has 0 amide bonds. The average Bonchev–Trinajstić information content (AvgIpc) is 2.58. The van der Waals surface area contributed by atoms with E-state index in [0.717, 1.165) is 17.8 Å². The molecule has 0 atom stereocenters. The molecule has 11 heavy (non-hydrogen) atoms. The molecule has 0 aliphatic carbocycles. The average molecular weight is 148 g/mol. The minimum absolute atomic E-state index is 0.860. The van der Waals surface area contributed by atoms with Crippen LogP contribution < -0.4 is 5.32 Å². The molecule has 3 nitrogen and oxygen atoms in total. The third-order valence-corrected chi connectivity index (χ3v) is 1.55. The van der Waals surface area contributed by atoms with Gasteiger partial charge in [-0.25, -0.2) is 0 Å². The molecule has 1 aromatic heterocycles. The molecular formula is C8H8N2O. The van der Waals surface area contributed by atoms with Gasteiger partial charge in [0, 0.05) is 18.2 Å². The molecule has 0 unspecified atom stereocenters. The summed E-state index contributed by atoms with van der Waals surface area (Å²) >= 11 is 0. The van der Waals surface area contributed by atoms with Gasteiger partial charge in [-0.15, -0.1) is 0 Å². The molecule has 1 aliphatic rings. The Balaban J connectivity index is 2.29. The minimum Gasteiger partial charge on any atom is -0.387 e. The van der Waals surface area contributed by atoms with Crippen LogP contribution in [0.15, 0.2) is 35.2 Å². The van der Waals surface area contributed by atoms with Crippen LogP contribution in [0.5, 0.6) is 0 Å². The quantitative estimate of drug-likeness (QED) is 0.649. The molecule has 2 rings (SSSR count). The van der Waals surface area contributed by atoms with Crippen molar-refractivity contribution in [2.75, 3.05) is 6.54 Å². The molecule has 1 aromatic rings. The molecule has 0 fully saturated rings. The van der Waals surface area contributed by atoms with Gasteiger partial charge in [-0.2, -0.15) is 0 Å². The molecule has 2 heterocycles. The highest BCUT2D eigenvalue weighted by Crippen LogP contribution is 2.13. The minimum atomic E-state index is 0.860. The van der Waals surface area contributed by atoms with E-state index in [2.05, 4.69) is 16.5 Å². The largest absolute Gasteiger partial charge is 0.387 e. The van der Waals surface area contributed by atoms with Gasteiger partial charge in [0.1, 0.15) is 12.0 Å². The smallest absolute Gasteiger partial charge is 0.124 e. The van der Waals surface area contributed by atoms with Gasteiger partial charge in [-0.1, -0.05) is 11.2 Å². The molecule has 1 aliphatic heterocycles. The van der Waals surface area contributed by atoms with Crippen molar-refractivity contribution in [2.24, 2.45) is 0 Å². The first-order valence-corrected chi connectivity index (χ1v) is 3.48. The molecular weight excluding hydrogens is 140 g/mol. The first-order valence-electron chi connectivity index (χ1n) is 3.48. The van der Waals surface area contributed by atoms with E-state index in [9.17, 15) is 0 Å². The highest BCUT2D eigenvalue weighted by atomic mass is 16.5. The fraction of sp³-hybridized carbons (Fsp3) is 0.125. The van der Waals surface area contributed by atoms with Gasteiger partial charge in [0.25, 0.3) is 0 Å². The topological polar surface area (TPSA) is 38.1 Å². The Morgan fingerprint density at radius 2 is 2.55 bits per heavy atom. The van der Waals surface area contributed by atoms with E-state index >= 15 is 0 Å². The summed E-state index contributed by atoms with van der Waals surface area (Å²) in [5.74, 6) is 0. The van der Waals surface area contributed by atoms with Crippen molar-refractivity contribution >= 4 is 5.57 Å². The van der Waals surface area contributed by atoms with E-state index in [4.69, 9.17) is 4.52 Å². The molecule has 0 saturated heterocycles.